The van der Waals surface area contributed by atoms with E-state index < -0.39 is 0 Å². The second-order valence-electron chi connectivity index (χ2n) is 1.77. The summed E-state index contributed by atoms with van der Waals surface area (Å²) < 4.78 is 4.76. The number of ether oxygens (including phenoxy) is 1. The summed E-state index contributed by atoms with van der Waals surface area (Å²) >= 11 is 0. The molecular formula is C6H12N2O2. The number of nitrogens with one attached hydrogen (secondary N) is 2. The second-order valence-corrected chi connectivity index (χ2v) is 1.77. The van der Waals surface area contributed by atoms with Crippen LogP contribution in [-0.4, -0.2) is 25.0 Å². The molecule has 0 unspecified atom stereocenters. The van der Waals surface area contributed by atoms with E-state index in [0.717, 1.165) is 0 Å². The van der Waals surface area contributed by atoms with E-state index in [-0.39, 0.29) is 18.3 Å². The molecule has 0 fully saturated rings. The van der Waals surface area contributed by atoms with Gasteiger partial charge in [0.1, 0.15) is 0 Å². The molecule has 1 amide bonds. The molecule has 10 heavy (non-hydrogen) atoms. The molecule has 0 heterocycles. The van der Waals surface area contributed by atoms with E-state index >= 15 is 0 Å². The number of carbonyl (C=O) groups excluding carboxylic acids is 1. The predicted molar refractivity (Wildman–Crippen MR) is 38.0 cm³/mol. The summed E-state index contributed by atoms with van der Waals surface area (Å²) in [6.07, 6.45) is 0. The zero-order valence-corrected chi connectivity index (χ0v) is 6.23. The average Bonchev–Trinajstić information content (AvgIpc) is 1.85. The molecule has 0 spiro atoms. The lowest BCUT2D eigenvalue weighted by Crippen LogP contribution is -2.27. The van der Waals surface area contributed by atoms with Crippen LogP contribution in [0.4, 0.5) is 0 Å². The first-order chi connectivity index (χ1) is 4.66. The van der Waals surface area contributed by atoms with Crippen LogP contribution in [0.2, 0.25) is 0 Å². The lowest BCUT2D eigenvalue weighted by molar-refractivity contribution is -0.118. The molecule has 4 heteroatoms. The van der Waals surface area contributed by atoms with Gasteiger partial charge in [-0.25, -0.2) is 0 Å². The van der Waals surface area contributed by atoms with Gasteiger partial charge in [0.25, 0.3) is 0 Å². The first-order valence-corrected chi connectivity index (χ1v) is 3.11. The maximum absolute atomic E-state index is 10.3. The SMILES string of the molecule is CCOC(=N)CNC(C)=O. The second kappa shape index (κ2) is 4.78. The van der Waals surface area contributed by atoms with Crippen LogP contribution in [0.5, 0.6) is 0 Å². The molecule has 0 saturated carbocycles. The first kappa shape index (κ1) is 8.94. The average molecular weight is 144 g/mol. The fraction of sp³-hybridized carbons (Fsp3) is 0.667. The Hall–Kier alpha value is -1.06. The Labute approximate surface area is 60.1 Å². The lowest BCUT2D eigenvalue weighted by Gasteiger charge is -2.03. The number of rotatable bonds is 3. The van der Waals surface area contributed by atoms with E-state index in [4.69, 9.17) is 10.1 Å². The van der Waals surface area contributed by atoms with Crippen molar-refractivity contribution >= 4 is 11.8 Å². The quantitative estimate of drug-likeness (QED) is 0.437. The third kappa shape index (κ3) is 5.08. The standard InChI is InChI=1S/C6H12N2O2/c1-3-10-6(7)4-8-5(2)9/h7H,3-4H2,1-2H3,(H,8,9). The monoisotopic (exact) mass is 144 g/mol. The number of hydrogen-bond donors (Lipinski definition) is 2. The summed E-state index contributed by atoms with van der Waals surface area (Å²) in [7, 11) is 0. The van der Waals surface area contributed by atoms with Crippen LogP contribution in [0.25, 0.3) is 0 Å². The van der Waals surface area contributed by atoms with Crippen LogP contribution in [0.15, 0.2) is 0 Å². The normalized spacial score (nSPS) is 8.60. The van der Waals surface area contributed by atoms with E-state index in [2.05, 4.69) is 5.32 Å². The predicted octanol–water partition coefficient (Wildman–Crippen LogP) is 0.136. The van der Waals surface area contributed by atoms with Gasteiger partial charge >= 0.3 is 0 Å². The fourth-order valence-corrected chi connectivity index (χ4v) is 0.430. The maximum atomic E-state index is 10.3. The minimum atomic E-state index is -0.149. The van der Waals surface area contributed by atoms with Gasteiger partial charge in [0.15, 0.2) is 5.90 Å². The minimum Gasteiger partial charge on any atom is -0.480 e. The molecule has 0 aromatic heterocycles. The van der Waals surface area contributed by atoms with Crippen LogP contribution in [0.1, 0.15) is 13.8 Å². The Morgan fingerprint density at radius 3 is 2.70 bits per heavy atom. The minimum absolute atomic E-state index is 0.0951. The van der Waals surface area contributed by atoms with Gasteiger partial charge < -0.3 is 10.1 Å². The van der Waals surface area contributed by atoms with E-state index in [0.29, 0.717) is 6.61 Å². The molecule has 0 aromatic carbocycles. The Bertz CT molecular complexity index is 134. The molecule has 58 valence electrons. The molecule has 0 aliphatic heterocycles. The van der Waals surface area contributed by atoms with Crippen molar-refractivity contribution in [2.75, 3.05) is 13.2 Å². The third-order valence-electron chi connectivity index (χ3n) is 0.816. The third-order valence-corrected chi connectivity index (χ3v) is 0.816. The van der Waals surface area contributed by atoms with Crippen molar-refractivity contribution in [2.45, 2.75) is 13.8 Å². The Morgan fingerprint density at radius 1 is 1.70 bits per heavy atom. The molecule has 0 atom stereocenters. The number of hydrogen-bond acceptors (Lipinski definition) is 3. The van der Waals surface area contributed by atoms with Crippen molar-refractivity contribution in [1.82, 2.24) is 5.32 Å². The first-order valence-electron chi connectivity index (χ1n) is 3.11. The van der Waals surface area contributed by atoms with Gasteiger partial charge in [-0.2, -0.15) is 0 Å². The van der Waals surface area contributed by atoms with Crippen molar-refractivity contribution in [3.05, 3.63) is 0 Å². The van der Waals surface area contributed by atoms with Crippen molar-refractivity contribution in [1.29, 1.82) is 5.41 Å². The van der Waals surface area contributed by atoms with Gasteiger partial charge in [-0.1, -0.05) is 0 Å². The Morgan fingerprint density at radius 2 is 2.30 bits per heavy atom. The van der Waals surface area contributed by atoms with E-state index in [9.17, 15) is 4.79 Å². The largest absolute Gasteiger partial charge is 0.480 e. The Kier molecular flexibility index (Phi) is 4.28. The Balaban J connectivity index is 3.30. The molecule has 0 aliphatic carbocycles. The smallest absolute Gasteiger partial charge is 0.217 e. The summed E-state index contributed by atoms with van der Waals surface area (Å²) in [5.41, 5.74) is 0. The molecule has 0 bridgehead atoms. The van der Waals surface area contributed by atoms with Crippen LogP contribution in [0.3, 0.4) is 0 Å². The molecule has 0 saturated heterocycles. The zero-order valence-electron chi connectivity index (χ0n) is 6.23. The topological polar surface area (TPSA) is 62.2 Å². The van der Waals surface area contributed by atoms with Gasteiger partial charge in [-0.15, -0.1) is 0 Å². The molecule has 0 radical (unpaired) electrons. The van der Waals surface area contributed by atoms with Crippen LogP contribution >= 0.6 is 0 Å². The van der Waals surface area contributed by atoms with Crippen molar-refractivity contribution in [3.63, 3.8) is 0 Å². The van der Waals surface area contributed by atoms with Gasteiger partial charge in [0.05, 0.1) is 13.2 Å². The van der Waals surface area contributed by atoms with Crippen LogP contribution in [-0.2, 0) is 9.53 Å². The molecule has 4 nitrogen and oxygen atoms in total. The summed E-state index contributed by atoms with van der Waals surface area (Å²) in [4.78, 5) is 10.3. The molecular weight excluding hydrogens is 132 g/mol. The highest BCUT2D eigenvalue weighted by molar-refractivity contribution is 5.81. The highest BCUT2D eigenvalue weighted by atomic mass is 16.5. The number of carbonyl (C=O) groups is 1. The van der Waals surface area contributed by atoms with Crippen molar-refractivity contribution < 1.29 is 9.53 Å². The van der Waals surface area contributed by atoms with E-state index in [1.54, 1.807) is 6.92 Å². The molecule has 0 aliphatic rings. The van der Waals surface area contributed by atoms with E-state index in [1.165, 1.54) is 6.92 Å². The summed E-state index contributed by atoms with van der Waals surface area (Å²) in [5, 5.41) is 9.49. The van der Waals surface area contributed by atoms with Crippen molar-refractivity contribution in [3.8, 4) is 0 Å². The summed E-state index contributed by atoms with van der Waals surface area (Å²) in [6.45, 7) is 3.85. The van der Waals surface area contributed by atoms with Gasteiger partial charge in [-0.3, -0.25) is 10.2 Å². The molecule has 0 rings (SSSR count). The van der Waals surface area contributed by atoms with Crippen molar-refractivity contribution in [2.24, 2.45) is 0 Å². The van der Waals surface area contributed by atoms with Crippen LogP contribution < -0.4 is 5.32 Å². The maximum Gasteiger partial charge on any atom is 0.217 e. The highest BCUT2D eigenvalue weighted by Crippen LogP contribution is 1.75. The van der Waals surface area contributed by atoms with Gasteiger partial charge in [0, 0.05) is 6.92 Å². The summed E-state index contributed by atoms with van der Waals surface area (Å²) in [6, 6.07) is 0. The fourth-order valence-electron chi connectivity index (χ4n) is 0.430. The number of amides is 1. The highest BCUT2D eigenvalue weighted by Gasteiger charge is 1.95. The van der Waals surface area contributed by atoms with E-state index in [1.807, 2.05) is 0 Å². The van der Waals surface area contributed by atoms with Gasteiger partial charge in [-0.05, 0) is 6.92 Å². The van der Waals surface area contributed by atoms with Crippen LogP contribution in [0, 0.1) is 5.41 Å². The van der Waals surface area contributed by atoms with Gasteiger partial charge in [0.2, 0.25) is 5.91 Å². The molecule has 0 aromatic rings. The zero-order chi connectivity index (χ0) is 7.98. The molecule has 2 N–H and O–H groups in total. The lowest BCUT2D eigenvalue weighted by atomic mass is 10.6. The summed E-state index contributed by atoms with van der Waals surface area (Å²) in [5.74, 6) is -0.0536.